The number of rotatable bonds is 6. The Kier molecular flexibility index (Phi) is 6.09. The van der Waals surface area contributed by atoms with E-state index in [1.165, 1.54) is 11.3 Å². The molecule has 2 amide bonds. The van der Waals surface area contributed by atoms with Gasteiger partial charge in [0.1, 0.15) is 12.2 Å². The van der Waals surface area contributed by atoms with Crippen LogP contribution in [0.15, 0.2) is 29.1 Å². The lowest BCUT2D eigenvalue weighted by molar-refractivity contribution is -0.117. The average molecular weight is 345 g/mol. The fraction of sp³-hybridized carbons (Fsp3) is 0.389. The molecule has 6 heteroatoms. The molecule has 0 saturated carbocycles. The van der Waals surface area contributed by atoms with Crippen molar-refractivity contribution in [1.82, 2.24) is 9.88 Å². The van der Waals surface area contributed by atoms with Crippen LogP contribution in [0.2, 0.25) is 0 Å². The minimum Gasteiger partial charge on any atom is -0.325 e. The van der Waals surface area contributed by atoms with Gasteiger partial charge < -0.3 is 10.2 Å². The van der Waals surface area contributed by atoms with Gasteiger partial charge in [-0.1, -0.05) is 19.1 Å². The Labute approximate surface area is 146 Å². The number of hydrogen-bond donors (Lipinski definition) is 1. The minimum absolute atomic E-state index is 0.0126. The first kappa shape index (κ1) is 18.1. The number of hydrogen-bond acceptors (Lipinski definition) is 4. The summed E-state index contributed by atoms with van der Waals surface area (Å²) in [6, 6.07) is 5.74. The highest BCUT2D eigenvalue weighted by atomic mass is 32.1. The van der Waals surface area contributed by atoms with E-state index in [0.717, 1.165) is 23.2 Å². The summed E-state index contributed by atoms with van der Waals surface area (Å²) in [7, 11) is 0. The Hall–Kier alpha value is -2.21. The molecule has 0 fully saturated rings. The van der Waals surface area contributed by atoms with Gasteiger partial charge in [0.05, 0.1) is 5.51 Å². The summed E-state index contributed by atoms with van der Waals surface area (Å²) in [6.45, 7) is 7.92. The summed E-state index contributed by atoms with van der Waals surface area (Å²) in [5, 5.41) is 4.62. The molecular formula is C18H23N3O2S. The molecule has 1 atom stereocenters. The Morgan fingerprint density at radius 2 is 2.08 bits per heavy atom. The van der Waals surface area contributed by atoms with Crippen LogP contribution in [0.4, 0.5) is 5.69 Å². The topological polar surface area (TPSA) is 62.3 Å². The van der Waals surface area contributed by atoms with E-state index in [9.17, 15) is 9.59 Å². The van der Waals surface area contributed by atoms with E-state index >= 15 is 0 Å². The summed E-state index contributed by atoms with van der Waals surface area (Å²) in [5.41, 5.74) is 4.94. The number of anilines is 1. The highest BCUT2D eigenvalue weighted by Gasteiger charge is 2.24. The molecular weight excluding hydrogens is 322 g/mol. The molecule has 0 aliphatic rings. The number of aromatic nitrogens is 1. The first-order valence-electron chi connectivity index (χ1n) is 7.99. The van der Waals surface area contributed by atoms with Gasteiger partial charge in [-0.25, -0.2) is 4.98 Å². The van der Waals surface area contributed by atoms with Gasteiger partial charge in [-0.15, -0.1) is 11.3 Å². The minimum atomic E-state index is -0.207. The summed E-state index contributed by atoms with van der Waals surface area (Å²) >= 11 is 1.37. The van der Waals surface area contributed by atoms with Crippen molar-refractivity contribution in [3.05, 3.63) is 45.9 Å². The van der Waals surface area contributed by atoms with Gasteiger partial charge in [0.2, 0.25) is 5.91 Å². The van der Waals surface area contributed by atoms with Crippen molar-refractivity contribution in [2.45, 2.75) is 40.2 Å². The van der Waals surface area contributed by atoms with Gasteiger partial charge in [0.15, 0.2) is 0 Å². The first-order chi connectivity index (χ1) is 11.4. The molecule has 24 heavy (non-hydrogen) atoms. The van der Waals surface area contributed by atoms with Gasteiger partial charge in [-0.05, 0) is 44.4 Å². The fourth-order valence-electron chi connectivity index (χ4n) is 2.34. The maximum atomic E-state index is 12.6. The third-order valence-corrected chi connectivity index (χ3v) is 4.81. The van der Waals surface area contributed by atoms with E-state index in [1.54, 1.807) is 15.8 Å². The lowest BCUT2D eigenvalue weighted by Crippen LogP contribution is -2.43. The Morgan fingerprint density at radius 1 is 1.33 bits per heavy atom. The highest BCUT2D eigenvalue weighted by molar-refractivity contribution is 7.07. The molecule has 0 bridgehead atoms. The predicted octanol–water partition coefficient (Wildman–Crippen LogP) is 3.64. The number of nitrogens with one attached hydrogen (secondary N) is 1. The van der Waals surface area contributed by atoms with Crippen molar-refractivity contribution in [2.75, 3.05) is 11.9 Å². The second-order valence-corrected chi connectivity index (χ2v) is 6.58. The van der Waals surface area contributed by atoms with Gasteiger partial charge in [-0.3, -0.25) is 9.59 Å². The zero-order chi connectivity index (χ0) is 17.7. The van der Waals surface area contributed by atoms with Crippen LogP contribution in [-0.2, 0) is 4.79 Å². The van der Waals surface area contributed by atoms with Crippen LogP contribution in [-0.4, -0.2) is 34.3 Å². The third kappa shape index (κ3) is 4.20. The lowest BCUT2D eigenvalue weighted by atomic mass is 10.1. The van der Waals surface area contributed by atoms with Crippen molar-refractivity contribution in [3.8, 4) is 0 Å². The van der Waals surface area contributed by atoms with E-state index in [4.69, 9.17) is 0 Å². The van der Waals surface area contributed by atoms with E-state index in [-0.39, 0.29) is 24.4 Å². The molecule has 0 radical (unpaired) electrons. The summed E-state index contributed by atoms with van der Waals surface area (Å²) in [5.74, 6) is -0.408. The van der Waals surface area contributed by atoms with E-state index in [0.29, 0.717) is 5.69 Å². The molecule has 0 aliphatic heterocycles. The zero-order valence-electron chi connectivity index (χ0n) is 14.5. The second kappa shape index (κ2) is 8.06. The highest BCUT2D eigenvalue weighted by Crippen LogP contribution is 2.18. The fourth-order valence-corrected chi connectivity index (χ4v) is 2.87. The van der Waals surface area contributed by atoms with Crippen LogP contribution in [0.25, 0.3) is 0 Å². The number of carbonyl (C=O) groups excluding carboxylic acids is 2. The number of amides is 2. The summed E-state index contributed by atoms with van der Waals surface area (Å²) < 4.78 is 0. The molecule has 5 nitrogen and oxygen atoms in total. The SMILES string of the molecule is CCC(C)N(CC(=O)Nc1cccc(C)c1C)C(=O)c1cscn1. The summed E-state index contributed by atoms with van der Waals surface area (Å²) in [4.78, 5) is 30.7. The van der Waals surface area contributed by atoms with E-state index < -0.39 is 0 Å². The van der Waals surface area contributed by atoms with Crippen LogP contribution in [0.5, 0.6) is 0 Å². The number of thiazole rings is 1. The molecule has 1 aromatic carbocycles. The van der Waals surface area contributed by atoms with Crippen LogP contribution in [0.3, 0.4) is 0 Å². The van der Waals surface area contributed by atoms with Crippen molar-refractivity contribution >= 4 is 28.8 Å². The van der Waals surface area contributed by atoms with E-state index in [2.05, 4.69) is 10.3 Å². The normalized spacial score (nSPS) is 11.8. The van der Waals surface area contributed by atoms with Gasteiger partial charge in [0, 0.05) is 17.1 Å². The lowest BCUT2D eigenvalue weighted by Gasteiger charge is -2.27. The monoisotopic (exact) mass is 345 g/mol. The van der Waals surface area contributed by atoms with Crippen LogP contribution in [0, 0.1) is 13.8 Å². The van der Waals surface area contributed by atoms with Crippen LogP contribution < -0.4 is 5.32 Å². The second-order valence-electron chi connectivity index (χ2n) is 5.86. The quantitative estimate of drug-likeness (QED) is 0.869. The molecule has 0 aliphatic carbocycles. The van der Waals surface area contributed by atoms with Crippen molar-refractivity contribution in [1.29, 1.82) is 0 Å². The van der Waals surface area contributed by atoms with Crippen molar-refractivity contribution in [3.63, 3.8) is 0 Å². The standard InChI is InChI=1S/C18H23N3O2S/c1-5-13(3)21(18(23)16-10-24-11-19-16)9-17(22)20-15-8-6-7-12(2)14(15)4/h6-8,10-11,13H,5,9H2,1-4H3,(H,20,22). The molecule has 128 valence electrons. The maximum absolute atomic E-state index is 12.6. The van der Waals surface area contributed by atoms with Crippen molar-refractivity contribution < 1.29 is 9.59 Å². The third-order valence-electron chi connectivity index (χ3n) is 4.23. The summed E-state index contributed by atoms with van der Waals surface area (Å²) in [6.07, 6.45) is 0.770. The molecule has 1 aromatic heterocycles. The van der Waals surface area contributed by atoms with Crippen LogP contribution in [0.1, 0.15) is 41.9 Å². The molecule has 1 unspecified atom stereocenters. The molecule has 0 saturated heterocycles. The van der Waals surface area contributed by atoms with Gasteiger partial charge in [0.25, 0.3) is 5.91 Å². The van der Waals surface area contributed by atoms with Gasteiger partial charge >= 0.3 is 0 Å². The van der Waals surface area contributed by atoms with Gasteiger partial charge in [-0.2, -0.15) is 0 Å². The van der Waals surface area contributed by atoms with Crippen LogP contribution >= 0.6 is 11.3 Å². The molecule has 0 spiro atoms. The van der Waals surface area contributed by atoms with E-state index in [1.807, 2.05) is 45.9 Å². The molecule has 1 heterocycles. The largest absolute Gasteiger partial charge is 0.325 e. The first-order valence-corrected chi connectivity index (χ1v) is 8.93. The maximum Gasteiger partial charge on any atom is 0.274 e. The number of nitrogens with zero attached hydrogens (tertiary/aromatic N) is 2. The Balaban J connectivity index is 2.13. The van der Waals surface area contributed by atoms with Crippen molar-refractivity contribution in [2.24, 2.45) is 0 Å². The predicted molar refractivity (Wildman–Crippen MR) is 97.4 cm³/mol. The molecule has 1 N–H and O–H groups in total. The average Bonchev–Trinajstić information content (AvgIpc) is 3.10. The Bertz CT molecular complexity index is 713. The number of benzene rings is 1. The Morgan fingerprint density at radius 3 is 2.71 bits per heavy atom. The molecule has 2 aromatic rings. The zero-order valence-corrected chi connectivity index (χ0v) is 15.3. The number of aryl methyl sites for hydroxylation is 1. The number of carbonyl (C=O) groups is 2. The smallest absolute Gasteiger partial charge is 0.274 e. The molecule has 2 rings (SSSR count).